The van der Waals surface area contributed by atoms with E-state index in [0.29, 0.717) is 0 Å². The van der Waals surface area contributed by atoms with Gasteiger partial charge >= 0.3 is 5.97 Å². The maximum atomic E-state index is 13.4. The largest absolute Gasteiger partial charge is 0.480 e. The third-order valence-corrected chi connectivity index (χ3v) is 6.18. The molecule has 0 bridgehead atoms. The molecule has 0 radical (unpaired) electrons. The Morgan fingerprint density at radius 1 is 0.725 bits per heavy atom. The number of aliphatic carboxylic acids is 1. The lowest BCUT2D eigenvalue weighted by Gasteiger charge is -2.25. The molecule has 2 rings (SSSR count). The topological polar surface area (TPSA) is 194 Å². The van der Waals surface area contributed by atoms with Crippen LogP contribution in [0.2, 0.25) is 0 Å². The van der Waals surface area contributed by atoms with Crippen molar-refractivity contribution in [2.45, 2.75) is 70.1 Å². The van der Waals surface area contributed by atoms with Gasteiger partial charge in [0.15, 0.2) is 0 Å². The number of amides is 4. The van der Waals surface area contributed by atoms with Crippen LogP contribution in [-0.4, -0.2) is 58.9 Å². The van der Waals surface area contributed by atoms with Gasteiger partial charge in [-0.1, -0.05) is 74.5 Å². The minimum absolute atomic E-state index is 0.0226. The summed E-state index contributed by atoms with van der Waals surface area (Å²) in [4.78, 5) is 62.6. The zero-order valence-corrected chi connectivity index (χ0v) is 22.8. The third kappa shape index (κ3) is 11.2. The molecule has 216 valence electrons. The average Bonchev–Trinajstić information content (AvgIpc) is 2.90. The Hall–Kier alpha value is -4.25. The second-order valence-electron chi connectivity index (χ2n) is 10.1. The number of hydrogen-bond donors (Lipinski definition) is 6. The fourth-order valence-corrected chi connectivity index (χ4v) is 4.09. The fourth-order valence-electron chi connectivity index (χ4n) is 4.09. The second kappa shape index (κ2) is 16.0. The van der Waals surface area contributed by atoms with E-state index >= 15 is 0 Å². The first-order valence-corrected chi connectivity index (χ1v) is 13.2. The first kappa shape index (κ1) is 32.0. The Labute approximate surface area is 234 Å². The number of benzene rings is 2. The predicted molar refractivity (Wildman–Crippen MR) is 150 cm³/mol. The van der Waals surface area contributed by atoms with Crippen LogP contribution in [-0.2, 0) is 36.8 Å². The van der Waals surface area contributed by atoms with E-state index in [0.717, 1.165) is 11.1 Å². The van der Waals surface area contributed by atoms with Crippen molar-refractivity contribution in [3.8, 4) is 0 Å². The predicted octanol–water partition coefficient (Wildman–Crippen LogP) is 0.650. The lowest BCUT2D eigenvalue weighted by atomic mass is 10.0. The van der Waals surface area contributed by atoms with E-state index in [2.05, 4.69) is 16.0 Å². The van der Waals surface area contributed by atoms with E-state index in [9.17, 15) is 29.1 Å². The van der Waals surface area contributed by atoms with Gasteiger partial charge in [0.1, 0.15) is 18.1 Å². The Balaban J connectivity index is 2.22. The number of carboxylic acids is 1. The van der Waals surface area contributed by atoms with Crippen molar-refractivity contribution < 1.29 is 29.1 Å². The van der Waals surface area contributed by atoms with Gasteiger partial charge in [0.05, 0.1) is 6.04 Å². The molecular formula is C29H39N5O6. The van der Waals surface area contributed by atoms with Crippen molar-refractivity contribution in [3.05, 3.63) is 71.8 Å². The lowest BCUT2D eigenvalue weighted by Crippen LogP contribution is -2.58. The number of carbonyl (C=O) groups excluding carboxylic acids is 4. The Kier molecular flexibility index (Phi) is 12.8. The summed E-state index contributed by atoms with van der Waals surface area (Å²) in [7, 11) is 0. The van der Waals surface area contributed by atoms with Crippen LogP contribution in [0.25, 0.3) is 0 Å². The van der Waals surface area contributed by atoms with E-state index in [1.54, 1.807) is 24.3 Å². The number of nitrogens with one attached hydrogen (secondary N) is 3. The number of hydrogen-bond acceptors (Lipinski definition) is 6. The first-order valence-electron chi connectivity index (χ1n) is 13.2. The molecular weight excluding hydrogens is 514 g/mol. The average molecular weight is 554 g/mol. The van der Waals surface area contributed by atoms with Gasteiger partial charge in [-0.25, -0.2) is 4.79 Å². The molecule has 0 fully saturated rings. The number of rotatable bonds is 16. The highest BCUT2D eigenvalue weighted by molar-refractivity contribution is 5.94. The van der Waals surface area contributed by atoms with Crippen LogP contribution in [0.4, 0.5) is 0 Å². The van der Waals surface area contributed by atoms with Crippen LogP contribution < -0.4 is 27.4 Å². The molecule has 0 aliphatic rings. The van der Waals surface area contributed by atoms with Crippen LogP contribution >= 0.6 is 0 Å². The van der Waals surface area contributed by atoms with E-state index in [4.69, 9.17) is 11.5 Å². The second-order valence-corrected chi connectivity index (χ2v) is 10.1. The summed E-state index contributed by atoms with van der Waals surface area (Å²) < 4.78 is 0. The Morgan fingerprint density at radius 2 is 1.20 bits per heavy atom. The summed E-state index contributed by atoms with van der Waals surface area (Å²) in [5.74, 6) is -3.95. The van der Waals surface area contributed by atoms with Crippen molar-refractivity contribution in [2.24, 2.45) is 17.4 Å². The minimum atomic E-state index is -1.26. The molecule has 0 aliphatic heterocycles. The quantitative estimate of drug-likeness (QED) is 0.176. The zero-order chi connectivity index (χ0) is 29.7. The molecule has 8 N–H and O–H groups in total. The number of primary amides is 1. The van der Waals surface area contributed by atoms with E-state index in [1.165, 1.54) is 0 Å². The molecule has 0 saturated heterocycles. The molecule has 40 heavy (non-hydrogen) atoms. The van der Waals surface area contributed by atoms with E-state index in [-0.39, 0.29) is 38.0 Å². The normalized spacial score (nSPS) is 13.9. The van der Waals surface area contributed by atoms with Gasteiger partial charge in [0, 0.05) is 12.8 Å². The zero-order valence-electron chi connectivity index (χ0n) is 22.8. The van der Waals surface area contributed by atoms with Gasteiger partial charge in [-0.15, -0.1) is 0 Å². The standard InChI is InChI=1S/C29H39N5O6/c1-18(2)15-24(29(39)40)34-27(37)22(13-14-25(31)35)32-28(38)23(17-20-11-7-4-8-12-20)33-26(36)21(30)16-19-9-5-3-6-10-19/h3-12,18,21-24H,13-17,30H2,1-2H3,(H2,31,35)(H,32,38)(H,33,36)(H,34,37)(H,39,40). The summed E-state index contributed by atoms with van der Waals surface area (Å²) >= 11 is 0. The van der Waals surface area contributed by atoms with Crippen molar-refractivity contribution in [1.29, 1.82) is 0 Å². The van der Waals surface area contributed by atoms with Crippen molar-refractivity contribution in [1.82, 2.24) is 16.0 Å². The number of nitrogens with two attached hydrogens (primary N) is 2. The molecule has 0 aliphatic carbocycles. The molecule has 4 amide bonds. The highest BCUT2D eigenvalue weighted by atomic mass is 16.4. The van der Waals surface area contributed by atoms with E-state index in [1.807, 2.05) is 50.2 Å². The summed E-state index contributed by atoms with van der Waals surface area (Å²) in [6.07, 6.45) is 0.149. The molecule has 0 spiro atoms. The summed E-state index contributed by atoms with van der Waals surface area (Å²) in [5, 5.41) is 17.2. The summed E-state index contributed by atoms with van der Waals surface area (Å²) in [5.41, 5.74) is 13.0. The summed E-state index contributed by atoms with van der Waals surface area (Å²) in [6, 6.07) is 13.7. The molecule has 4 atom stereocenters. The number of carbonyl (C=O) groups is 5. The van der Waals surface area contributed by atoms with Crippen molar-refractivity contribution in [2.75, 3.05) is 0 Å². The third-order valence-electron chi connectivity index (χ3n) is 6.18. The van der Waals surface area contributed by atoms with E-state index < -0.39 is 53.8 Å². The molecule has 2 aromatic rings. The molecule has 0 saturated carbocycles. The van der Waals surface area contributed by atoms with Gasteiger partial charge < -0.3 is 32.5 Å². The first-order chi connectivity index (χ1) is 19.0. The van der Waals surface area contributed by atoms with Gasteiger partial charge in [0.2, 0.25) is 23.6 Å². The number of carboxylic acid groups (broad SMARTS) is 1. The molecule has 2 aromatic carbocycles. The SMILES string of the molecule is CC(C)CC(NC(=O)C(CCC(N)=O)NC(=O)C(Cc1ccccc1)NC(=O)C(N)Cc1ccccc1)C(=O)O. The van der Waals surface area contributed by atoms with Crippen LogP contribution in [0.15, 0.2) is 60.7 Å². The maximum absolute atomic E-state index is 13.4. The Bertz CT molecular complexity index is 1140. The molecule has 11 heteroatoms. The van der Waals surface area contributed by atoms with Gasteiger partial charge in [-0.05, 0) is 36.3 Å². The highest BCUT2D eigenvalue weighted by Crippen LogP contribution is 2.09. The highest BCUT2D eigenvalue weighted by Gasteiger charge is 2.31. The van der Waals surface area contributed by atoms with Crippen molar-refractivity contribution in [3.63, 3.8) is 0 Å². The van der Waals surface area contributed by atoms with Gasteiger partial charge in [0.25, 0.3) is 0 Å². The monoisotopic (exact) mass is 553 g/mol. The van der Waals surface area contributed by atoms with Crippen LogP contribution in [0.5, 0.6) is 0 Å². The van der Waals surface area contributed by atoms with Gasteiger partial charge in [-0.3, -0.25) is 19.2 Å². The van der Waals surface area contributed by atoms with Crippen LogP contribution in [0, 0.1) is 5.92 Å². The Morgan fingerprint density at radius 3 is 1.70 bits per heavy atom. The smallest absolute Gasteiger partial charge is 0.326 e. The molecule has 4 unspecified atom stereocenters. The molecule has 0 aromatic heterocycles. The minimum Gasteiger partial charge on any atom is -0.480 e. The van der Waals surface area contributed by atoms with Gasteiger partial charge in [-0.2, -0.15) is 0 Å². The van der Waals surface area contributed by atoms with Crippen LogP contribution in [0.1, 0.15) is 44.2 Å². The maximum Gasteiger partial charge on any atom is 0.326 e. The lowest BCUT2D eigenvalue weighted by molar-refractivity contribution is -0.143. The van der Waals surface area contributed by atoms with Crippen molar-refractivity contribution >= 4 is 29.6 Å². The molecule has 11 nitrogen and oxygen atoms in total. The van der Waals surface area contributed by atoms with Crippen LogP contribution in [0.3, 0.4) is 0 Å². The summed E-state index contributed by atoms with van der Waals surface area (Å²) in [6.45, 7) is 3.63. The molecule has 0 heterocycles. The fraction of sp³-hybridized carbons (Fsp3) is 0.414.